The number of fused-ring (bicyclic) bond motifs is 1. The number of nitrogens with one attached hydrogen (secondary N) is 1. The van der Waals surface area contributed by atoms with Crippen molar-refractivity contribution >= 4 is 35.7 Å². The Morgan fingerprint density at radius 3 is 2.48 bits per heavy atom. The van der Waals surface area contributed by atoms with Crippen LogP contribution in [0.3, 0.4) is 0 Å². The van der Waals surface area contributed by atoms with Crippen molar-refractivity contribution in [2.75, 3.05) is 20.7 Å². The first-order chi connectivity index (χ1) is 10.9. The van der Waals surface area contributed by atoms with E-state index in [-0.39, 0.29) is 35.8 Å². The number of hydrogen-bond acceptors (Lipinski definition) is 4. The third kappa shape index (κ3) is 5.87. The van der Waals surface area contributed by atoms with Crippen LogP contribution in [0.2, 0.25) is 0 Å². The van der Waals surface area contributed by atoms with Crippen molar-refractivity contribution in [3.8, 4) is 5.75 Å². The summed E-state index contributed by atoms with van der Waals surface area (Å²) in [6.07, 6.45) is 1.70. The van der Waals surface area contributed by atoms with Gasteiger partial charge in [-0.05, 0) is 37.6 Å². The molecule has 0 bridgehead atoms. The summed E-state index contributed by atoms with van der Waals surface area (Å²) in [5.41, 5.74) is 0.684. The van der Waals surface area contributed by atoms with Crippen molar-refractivity contribution in [1.82, 2.24) is 14.9 Å². The molecule has 0 fully saturated rings. The van der Waals surface area contributed by atoms with Crippen molar-refractivity contribution in [3.05, 3.63) is 34.4 Å². The Morgan fingerprint density at radius 2 is 1.92 bits per heavy atom. The van der Waals surface area contributed by atoms with Gasteiger partial charge in [0.05, 0.1) is 12.5 Å². The van der Waals surface area contributed by atoms with Gasteiger partial charge in [0.2, 0.25) is 0 Å². The second kappa shape index (κ2) is 10.00. The molecule has 0 saturated carbocycles. The van der Waals surface area contributed by atoms with Gasteiger partial charge in [-0.15, -0.1) is 24.8 Å². The fraction of sp³-hybridized carbons (Fsp3) is 0.556. The van der Waals surface area contributed by atoms with Crippen LogP contribution in [0.5, 0.6) is 5.75 Å². The Kier molecular flexibility index (Phi) is 9.48. The van der Waals surface area contributed by atoms with Crippen LogP contribution < -0.4 is 15.6 Å². The lowest BCUT2D eigenvalue weighted by Crippen LogP contribution is -2.31. The molecule has 0 spiro atoms. The molecule has 7 heteroatoms. The summed E-state index contributed by atoms with van der Waals surface area (Å²) in [6, 6.07) is 5.51. The molecule has 0 aliphatic carbocycles. The molecule has 0 atom stereocenters. The van der Waals surface area contributed by atoms with Gasteiger partial charge in [0, 0.05) is 13.0 Å². The molecule has 1 aromatic carbocycles. The maximum atomic E-state index is 13.0. The number of benzene rings is 1. The highest BCUT2D eigenvalue weighted by molar-refractivity contribution is 5.85. The molecule has 1 N–H and O–H groups in total. The second-order valence-corrected chi connectivity index (χ2v) is 7.04. The van der Waals surface area contributed by atoms with Gasteiger partial charge in [-0.3, -0.25) is 9.36 Å². The largest absolute Gasteiger partial charge is 0.494 e. The predicted octanol–water partition coefficient (Wildman–Crippen LogP) is 3.45. The van der Waals surface area contributed by atoms with Crippen molar-refractivity contribution in [2.24, 2.45) is 5.41 Å². The van der Waals surface area contributed by atoms with Gasteiger partial charge in [0.25, 0.3) is 5.56 Å². The van der Waals surface area contributed by atoms with E-state index in [0.29, 0.717) is 23.2 Å². The van der Waals surface area contributed by atoms with E-state index >= 15 is 0 Å². The van der Waals surface area contributed by atoms with Crippen LogP contribution in [0.1, 0.15) is 33.0 Å². The minimum atomic E-state index is 0. The summed E-state index contributed by atoms with van der Waals surface area (Å²) >= 11 is 0. The first-order valence-electron chi connectivity index (χ1n) is 8.08. The van der Waals surface area contributed by atoms with Crippen LogP contribution in [0.25, 0.3) is 10.9 Å². The van der Waals surface area contributed by atoms with Gasteiger partial charge in [0.1, 0.15) is 17.1 Å². The SMILES string of the molecule is CNCCCc1nc2c(OC)cccc2c(=O)n1CC(C)(C)C.Cl.Cl. The molecule has 5 nitrogen and oxygen atoms in total. The second-order valence-electron chi connectivity index (χ2n) is 7.04. The summed E-state index contributed by atoms with van der Waals surface area (Å²) in [6.45, 7) is 7.95. The summed E-state index contributed by atoms with van der Waals surface area (Å²) < 4.78 is 7.21. The highest BCUT2D eigenvalue weighted by Crippen LogP contribution is 2.23. The molecule has 2 aromatic rings. The number of aryl methyl sites for hydroxylation is 1. The zero-order chi connectivity index (χ0) is 17.0. The zero-order valence-corrected chi connectivity index (χ0v) is 17.2. The van der Waals surface area contributed by atoms with Crippen LogP contribution in [0, 0.1) is 5.41 Å². The summed E-state index contributed by atoms with van der Waals surface area (Å²) in [4.78, 5) is 17.8. The molecule has 142 valence electrons. The van der Waals surface area contributed by atoms with E-state index in [4.69, 9.17) is 9.72 Å². The van der Waals surface area contributed by atoms with Crippen LogP contribution in [0.4, 0.5) is 0 Å². The fourth-order valence-electron chi connectivity index (χ4n) is 2.68. The Hall–Kier alpha value is -1.30. The van der Waals surface area contributed by atoms with Crippen LogP contribution in [-0.4, -0.2) is 30.3 Å². The summed E-state index contributed by atoms with van der Waals surface area (Å²) in [5.74, 6) is 1.48. The maximum Gasteiger partial charge on any atom is 0.261 e. The topological polar surface area (TPSA) is 56.2 Å². The third-order valence-corrected chi connectivity index (χ3v) is 3.71. The number of rotatable bonds is 6. The van der Waals surface area contributed by atoms with E-state index in [0.717, 1.165) is 25.2 Å². The Morgan fingerprint density at radius 1 is 1.24 bits per heavy atom. The number of ether oxygens (including phenoxy) is 1. The van der Waals surface area contributed by atoms with Gasteiger partial charge >= 0.3 is 0 Å². The normalized spacial score (nSPS) is 10.9. The van der Waals surface area contributed by atoms with E-state index in [1.807, 2.05) is 29.8 Å². The molecule has 0 amide bonds. The monoisotopic (exact) mass is 389 g/mol. The highest BCUT2D eigenvalue weighted by Gasteiger charge is 2.18. The Bertz CT molecular complexity index is 739. The highest BCUT2D eigenvalue weighted by atomic mass is 35.5. The van der Waals surface area contributed by atoms with E-state index in [1.54, 1.807) is 7.11 Å². The van der Waals surface area contributed by atoms with Crippen molar-refractivity contribution in [1.29, 1.82) is 0 Å². The fourth-order valence-corrected chi connectivity index (χ4v) is 2.68. The quantitative estimate of drug-likeness (QED) is 0.768. The lowest BCUT2D eigenvalue weighted by Gasteiger charge is -2.23. The first kappa shape index (κ1) is 23.7. The van der Waals surface area contributed by atoms with Gasteiger partial charge in [-0.25, -0.2) is 4.98 Å². The van der Waals surface area contributed by atoms with Crippen molar-refractivity contribution in [3.63, 3.8) is 0 Å². The Balaban J connectivity index is 0.00000288. The lowest BCUT2D eigenvalue weighted by molar-refractivity contribution is 0.330. The molecule has 1 heterocycles. The Labute approximate surface area is 162 Å². The van der Waals surface area contributed by atoms with Gasteiger partial charge < -0.3 is 10.1 Å². The van der Waals surface area contributed by atoms with Gasteiger partial charge in [-0.2, -0.15) is 0 Å². The average Bonchev–Trinajstić information content (AvgIpc) is 2.49. The predicted molar refractivity (Wildman–Crippen MR) is 109 cm³/mol. The van der Waals surface area contributed by atoms with Crippen LogP contribution in [0.15, 0.2) is 23.0 Å². The average molecular weight is 390 g/mol. The summed E-state index contributed by atoms with van der Waals surface area (Å²) in [7, 11) is 3.54. The molecule has 0 radical (unpaired) electrons. The lowest BCUT2D eigenvalue weighted by atomic mass is 9.96. The first-order valence-corrected chi connectivity index (χ1v) is 8.08. The standard InChI is InChI=1S/C18H27N3O2.2ClH/c1-18(2,3)12-21-15(10-7-11-19-4)20-16-13(17(21)22)8-6-9-14(16)23-5;;/h6,8-9,19H,7,10-12H2,1-5H3;2*1H. The van der Waals surface area contributed by atoms with Crippen molar-refractivity contribution < 1.29 is 4.74 Å². The van der Waals surface area contributed by atoms with Gasteiger partial charge in [-0.1, -0.05) is 26.8 Å². The number of aromatic nitrogens is 2. The smallest absolute Gasteiger partial charge is 0.261 e. The van der Waals surface area contributed by atoms with E-state index in [1.165, 1.54) is 0 Å². The zero-order valence-electron chi connectivity index (χ0n) is 15.6. The molecule has 0 unspecified atom stereocenters. The number of halogens is 2. The number of hydrogen-bond donors (Lipinski definition) is 1. The van der Waals surface area contributed by atoms with Crippen molar-refractivity contribution in [2.45, 2.75) is 40.2 Å². The molecule has 0 aliphatic heterocycles. The van der Waals surface area contributed by atoms with Crippen LogP contribution >= 0.6 is 24.8 Å². The molecule has 2 rings (SSSR count). The molecular weight excluding hydrogens is 361 g/mol. The third-order valence-electron chi connectivity index (χ3n) is 3.71. The molecule has 0 saturated heterocycles. The van der Waals surface area contributed by atoms with E-state index in [2.05, 4.69) is 26.1 Å². The number of para-hydroxylation sites is 1. The van der Waals surface area contributed by atoms with Gasteiger partial charge in [0.15, 0.2) is 0 Å². The maximum absolute atomic E-state index is 13.0. The van der Waals surface area contributed by atoms with E-state index < -0.39 is 0 Å². The molecular formula is C18H29Cl2N3O2. The van der Waals surface area contributed by atoms with E-state index in [9.17, 15) is 4.79 Å². The summed E-state index contributed by atoms with van der Waals surface area (Å²) in [5, 5.41) is 3.76. The minimum Gasteiger partial charge on any atom is -0.494 e. The number of methoxy groups -OCH3 is 1. The number of nitrogens with zero attached hydrogens (tertiary/aromatic N) is 2. The minimum absolute atomic E-state index is 0. The van der Waals surface area contributed by atoms with Crippen LogP contribution in [-0.2, 0) is 13.0 Å². The molecule has 25 heavy (non-hydrogen) atoms. The molecule has 1 aromatic heterocycles. The molecule has 0 aliphatic rings.